The van der Waals surface area contributed by atoms with E-state index in [0.29, 0.717) is 17.7 Å². The number of amides is 3. The number of halogens is 5. The third kappa shape index (κ3) is 13.8. The number of ether oxygens (including phenoxy) is 2. The summed E-state index contributed by atoms with van der Waals surface area (Å²) in [5.74, 6) is -4.92. The van der Waals surface area contributed by atoms with Gasteiger partial charge in [0.05, 0.1) is 41.0 Å². The van der Waals surface area contributed by atoms with Gasteiger partial charge in [-0.05, 0) is 61.8 Å². The third-order valence-corrected chi connectivity index (χ3v) is 12.6. The number of rotatable bonds is 21. The van der Waals surface area contributed by atoms with Gasteiger partial charge in [-0.15, -0.1) is 34.8 Å². The smallest absolute Gasteiger partial charge is 0.409 e. The molecule has 16 nitrogen and oxygen atoms in total. The van der Waals surface area contributed by atoms with E-state index in [1.165, 1.54) is 43.7 Å². The minimum atomic E-state index is -3.82. The highest BCUT2D eigenvalue weighted by atomic mass is 35.5. The molecule has 0 saturated carbocycles. The summed E-state index contributed by atoms with van der Waals surface area (Å²) in [5, 5.41) is 41.5. The lowest BCUT2D eigenvalue weighted by Gasteiger charge is -2.42. The number of alkyl carbamates (subject to hydrolysis) is 1. The molecule has 0 bridgehead atoms. The van der Waals surface area contributed by atoms with E-state index in [-0.39, 0.29) is 67.8 Å². The summed E-state index contributed by atoms with van der Waals surface area (Å²) in [6, 6.07) is 13.7. The SMILES string of the molecule is CN=C(CCC(O)CCC1CO[C@@H](CN2C=C(C(C=NCc3ccccc3)=NNC)C(NC(=O)OCc3ccc([N+](=O)[O-])cc3)NC2=O)C(F)(F)C1O)C(Cl)C(C)C(C)(Cl)CCl. The highest BCUT2D eigenvalue weighted by molar-refractivity contribution is 6.38. The second-order valence-corrected chi connectivity index (χ2v) is 16.8. The van der Waals surface area contributed by atoms with Crippen LogP contribution in [0.15, 0.2) is 81.5 Å². The van der Waals surface area contributed by atoms with Crippen LogP contribution in [0.1, 0.15) is 50.7 Å². The first-order valence-corrected chi connectivity index (χ1v) is 21.2. The number of benzene rings is 2. The number of non-ortho nitro benzene ring substituents is 1. The number of aliphatic imine (C=N–C) groups is 2. The normalized spacial score (nSPS) is 23.1. The summed E-state index contributed by atoms with van der Waals surface area (Å²) >= 11 is 19.2. The van der Waals surface area contributed by atoms with Crippen LogP contribution in [0.3, 0.4) is 0 Å². The van der Waals surface area contributed by atoms with Gasteiger partial charge in [-0.3, -0.25) is 30.3 Å². The molecule has 340 valence electrons. The largest absolute Gasteiger partial charge is 0.445 e. The van der Waals surface area contributed by atoms with Gasteiger partial charge in [0.25, 0.3) is 5.69 Å². The van der Waals surface area contributed by atoms with E-state index in [9.17, 15) is 29.9 Å². The molecule has 7 unspecified atom stereocenters. The van der Waals surface area contributed by atoms with Crippen molar-refractivity contribution in [3.05, 3.63) is 87.6 Å². The molecule has 3 amide bonds. The van der Waals surface area contributed by atoms with Crippen LogP contribution in [0.2, 0.25) is 0 Å². The number of hydrazone groups is 1. The molecule has 0 radical (unpaired) electrons. The lowest BCUT2D eigenvalue weighted by Crippen LogP contribution is -2.62. The molecule has 2 aromatic carbocycles. The van der Waals surface area contributed by atoms with Gasteiger partial charge < -0.3 is 30.4 Å². The number of nitrogens with zero attached hydrogens (tertiary/aromatic N) is 5. The Balaban J connectivity index is 1.45. The Bertz CT molecular complexity index is 1940. The quantitative estimate of drug-likeness (QED) is 0.0406. The number of hydrogen-bond acceptors (Lipinski definition) is 12. The first kappa shape index (κ1) is 50.2. The average molecular weight is 930 g/mol. The maximum absolute atomic E-state index is 15.9. The van der Waals surface area contributed by atoms with Gasteiger partial charge in [-0.2, -0.15) is 5.10 Å². The second kappa shape index (κ2) is 23.3. The van der Waals surface area contributed by atoms with Crippen LogP contribution < -0.4 is 16.1 Å². The Labute approximate surface area is 373 Å². The van der Waals surface area contributed by atoms with Crippen LogP contribution in [0.25, 0.3) is 0 Å². The zero-order valence-corrected chi connectivity index (χ0v) is 37.0. The summed E-state index contributed by atoms with van der Waals surface area (Å²) in [6.07, 6.45) is -4.00. The van der Waals surface area contributed by atoms with Crippen LogP contribution in [0, 0.1) is 22.0 Å². The zero-order chi connectivity index (χ0) is 45.6. The van der Waals surface area contributed by atoms with E-state index in [1.54, 1.807) is 14.0 Å². The summed E-state index contributed by atoms with van der Waals surface area (Å²) in [6.45, 7) is 2.63. The van der Waals surface area contributed by atoms with Crippen LogP contribution in [0.5, 0.6) is 0 Å². The average Bonchev–Trinajstić information content (AvgIpc) is 3.25. The summed E-state index contributed by atoms with van der Waals surface area (Å²) in [4.78, 5) is 45.8. The molecule has 0 aromatic heterocycles. The third-order valence-electron chi connectivity index (χ3n) is 10.8. The van der Waals surface area contributed by atoms with Crippen molar-refractivity contribution in [1.29, 1.82) is 0 Å². The van der Waals surface area contributed by atoms with Gasteiger partial charge in [0.1, 0.15) is 30.7 Å². The summed E-state index contributed by atoms with van der Waals surface area (Å²) in [7, 11) is 3.09. The molecule has 8 atom stereocenters. The topological polar surface area (TPSA) is 213 Å². The van der Waals surface area contributed by atoms with Crippen molar-refractivity contribution in [2.45, 2.75) is 93.3 Å². The first-order chi connectivity index (χ1) is 29.4. The molecule has 0 spiro atoms. The van der Waals surface area contributed by atoms with E-state index in [0.717, 1.165) is 10.5 Å². The van der Waals surface area contributed by atoms with Crippen LogP contribution >= 0.6 is 34.8 Å². The molecule has 1 saturated heterocycles. The predicted octanol–water partition coefficient (Wildman–Crippen LogP) is 6.39. The van der Waals surface area contributed by atoms with Gasteiger partial charge in [0.15, 0.2) is 0 Å². The second-order valence-electron chi connectivity index (χ2n) is 15.2. The van der Waals surface area contributed by atoms with E-state index >= 15 is 8.78 Å². The number of carbonyl (C=O) groups excluding carboxylic acids is 2. The molecule has 2 heterocycles. The maximum Gasteiger partial charge on any atom is 0.409 e. The van der Waals surface area contributed by atoms with Gasteiger partial charge >= 0.3 is 18.0 Å². The minimum absolute atomic E-state index is 0.0179. The molecule has 4 rings (SSSR count). The Kier molecular flexibility index (Phi) is 18.9. The van der Waals surface area contributed by atoms with Crippen LogP contribution in [-0.2, 0) is 22.6 Å². The Morgan fingerprint density at radius 3 is 2.53 bits per heavy atom. The van der Waals surface area contributed by atoms with Gasteiger partial charge in [0, 0.05) is 61.7 Å². The highest BCUT2D eigenvalue weighted by Crippen LogP contribution is 2.38. The number of nitrogens with one attached hydrogen (secondary N) is 3. The molecule has 0 aliphatic carbocycles. The van der Waals surface area contributed by atoms with E-state index in [1.807, 2.05) is 37.3 Å². The fourth-order valence-electron chi connectivity index (χ4n) is 6.67. The molecule has 2 aliphatic heterocycles. The maximum atomic E-state index is 15.9. The molecule has 2 aromatic rings. The molecule has 2 aliphatic rings. The number of carbonyl (C=O) groups is 2. The highest BCUT2D eigenvalue weighted by Gasteiger charge is 2.55. The number of nitro benzene ring substituents is 1. The van der Waals surface area contributed by atoms with Crippen molar-refractivity contribution in [3.8, 4) is 0 Å². The fraction of sp³-hybridized carbons (Fsp3) is 0.537. The molecular weight excluding hydrogens is 877 g/mol. The van der Waals surface area contributed by atoms with Crippen molar-refractivity contribution in [1.82, 2.24) is 21.0 Å². The molecular formula is C41H53Cl3F2N8O8. The lowest BCUT2D eigenvalue weighted by atomic mass is 9.86. The number of nitro groups is 1. The molecule has 1 fully saturated rings. The minimum Gasteiger partial charge on any atom is -0.445 e. The Morgan fingerprint density at radius 2 is 1.90 bits per heavy atom. The number of hydrogen-bond donors (Lipinski definition) is 5. The van der Waals surface area contributed by atoms with Crippen LogP contribution in [-0.4, -0.2) is 124 Å². The molecule has 5 N–H and O–H groups in total. The molecule has 62 heavy (non-hydrogen) atoms. The zero-order valence-electron chi connectivity index (χ0n) is 34.7. The summed E-state index contributed by atoms with van der Waals surface area (Å²) < 4.78 is 42.8. The van der Waals surface area contributed by atoms with E-state index < -0.39 is 70.2 Å². The van der Waals surface area contributed by atoms with Gasteiger partial charge in [0.2, 0.25) is 0 Å². The standard InChI is InChI=1S/C41H53Cl3F2N8O8/c1-25(40(2,44)24-42)35(43)32(47-3)17-16-30(55)15-12-28-23-61-34(41(45,46)36(28)56)21-53-20-31(33(52-48-4)19-49-18-26-8-6-5-7-9-26)37(50-38(53)57)51-39(58)62-22-27-10-13-29(14-11-27)54(59)60/h5-11,13-14,19-20,25,28,30,34-37,48,55-56H,12,15-18,21-24H2,1-4H3,(H,50,57)(H,51,58)/t25?,28?,30?,34-,35?,36?,37?,40?/m0/s1. The monoisotopic (exact) mass is 928 g/mol. The van der Waals surface area contributed by atoms with E-state index in [4.69, 9.17) is 44.3 Å². The van der Waals surface area contributed by atoms with Crippen molar-refractivity contribution in [2.24, 2.45) is 26.9 Å². The number of alkyl halides is 5. The molecule has 21 heteroatoms. The fourth-order valence-corrected chi connectivity index (χ4v) is 7.59. The number of urea groups is 1. The number of aliphatic hydroxyl groups excluding tert-OH is 2. The Hall–Kier alpha value is -4.46. The summed E-state index contributed by atoms with van der Waals surface area (Å²) in [5.41, 5.74) is 4.68. The van der Waals surface area contributed by atoms with Crippen molar-refractivity contribution >= 4 is 70.3 Å². The Morgan fingerprint density at radius 1 is 1.21 bits per heavy atom. The lowest BCUT2D eigenvalue weighted by molar-refractivity contribution is -0.384. The van der Waals surface area contributed by atoms with Gasteiger partial charge in [-0.25, -0.2) is 18.4 Å². The van der Waals surface area contributed by atoms with E-state index in [2.05, 4.69) is 31.1 Å². The van der Waals surface area contributed by atoms with Crippen molar-refractivity contribution in [3.63, 3.8) is 0 Å². The van der Waals surface area contributed by atoms with Gasteiger partial charge in [-0.1, -0.05) is 37.3 Å². The van der Waals surface area contributed by atoms with Crippen molar-refractivity contribution in [2.75, 3.05) is 33.1 Å². The predicted molar refractivity (Wildman–Crippen MR) is 234 cm³/mol. The number of aliphatic hydroxyl groups is 2. The van der Waals surface area contributed by atoms with Crippen LogP contribution in [0.4, 0.5) is 24.1 Å². The first-order valence-electron chi connectivity index (χ1n) is 19.9. The van der Waals surface area contributed by atoms with Crippen molar-refractivity contribution < 1.29 is 43.0 Å².